The van der Waals surface area contributed by atoms with Gasteiger partial charge in [-0.2, -0.15) is 0 Å². The lowest BCUT2D eigenvalue weighted by Crippen LogP contribution is -2.37. The van der Waals surface area contributed by atoms with E-state index in [1.54, 1.807) is 7.11 Å². The van der Waals surface area contributed by atoms with Gasteiger partial charge in [0, 0.05) is 25.7 Å². The first kappa shape index (κ1) is 16.5. The summed E-state index contributed by atoms with van der Waals surface area (Å²) in [6, 6.07) is 18.4. The van der Waals surface area contributed by atoms with Gasteiger partial charge >= 0.3 is 0 Å². The van der Waals surface area contributed by atoms with Crippen LogP contribution in [0.25, 0.3) is 0 Å². The number of benzene rings is 2. The average Bonchev–Trinajstić information content (AvgIpc) is 3.03. The van der Waals surface area contributed by atoms with Crippen LogP contribution in [0.5, 0.6) is 5.75 Å². The van der Waals surface area contributed by atoms with Gasteiger partial charge in [0.25, 0.3) is 0 Å². The van der Waals surface area contributed by atoms with Crippen LogP contribution >= 0.6 is 0 Å². The lowest BCUT2D eigenvalue weighted by atomic mass is 10.1. The van der Waals surface area contributed by atoms with Crippen molar-refractivity contribution in [1.29, 1.82) is 0 Å². The van der Waals surface area contributed by atoms with E-state index in [4.69, 9.17) is 4.74 Å². The quantitative estimate of drug-likeness (QED) is 0.888. The number of amides is 1. The molecule has 1 atom stereocenters. The maximum Gasteiger partial charge on any atom is 0.224 e. The molecule has 2 aromatic carbocycles. The molecule has 1 N–H and O–H groups in total. The Bertz CT molecular complexity index is 655. The fourth-order valence-corrected chi connectivity index (χ4v) is 3.14. The van der Waals surface area contributed by atoms with Crippen LogP contribution in [0.2, 0.25) is 0 Å². The summed E-state index contributed by atoms with van der Waals surface area (Å²) in [7, 11) is 1.64. The van der Waals surface area contributed by atoms with Gasteiger partial charge in [0.15, 0.2) is 0 Å². The van der Waals surface area contributed by atoms with Crippen molar-refractivity contribution < 1.29 is 9.53 Å². The van der Waals surface area contributed by atoms with Crippen LogP contribution in [0.1, 0.15) is 17.5 Å². The Hall–Kier alpha value is -2.33. The van der Waals surface area contributed by atoms with Gasteiger partial charge in [0.2, 0.25) is 5.91 Å². The fraction of sp³-hybridized carbons (Fsp3) is 0.350. The minimum absolute atomic E-state index is 0.0896. The highest BCUT2D eigenvalue weighted by molar-refractivity contribution is 5.79. The van der Waals surface area contributed by atoms with Gasteiger partial charge in [-0.05, 0) is 29.7 Å². The molecule has 1 heterocycles. The minimum atomic E-state index is 0.0896. The van der Waals surface area contributed by atoms with E-state index in [1.807, 2.05) is 30.3 Å². The van der Waals surface area contributed by atoms with E-state index >= 15 is 0 Å². The fourth-order valence-electron chi connectivity index (χ4n) is 3.14. The van der Waals surface area contributed by atoms with Gasteiger partial charge in [-0.25, -0.2) is 0 Å². The highest BCUT2D eigenvalue weighted by Crippen LogP contribution is 2.15. The number of carbonyl (C=O) groups excluding carboxylic acids is 1. The zero-order chi connectivity index (χ0) is 16.8. The second kappa shape index (κ2) is 7.97. The summed E-state index contributed by atoms with van der Waals surface area (Å²) in [6.07, 6.45) is 1.43. The molecule has 4 nitrogen and oxygen atoms in total. The normalized spacial score (nSPS) is 17.6. The van der Waals surface area contributed by atoms with Crippen molar-refractivity contribution in [2.75, 3.05) is 20.2 Å². The predicted molar refractivity (Wildman–Crippen MR) is 95.0 cm³/mol. The highest BCUT2D eigenvalue weighted by atomic mass is 16.5. The average molecular weight is 324 g/mol. The molecule has 3 rings (SSSR count). The van der Waals surface area contributed by atoms with Gasteiger partial charge in [-0.15, -0.1) is 0 Å². The maximum atomic E-state index is 12.2. The molecule has 0 bridgehead atoms. The molecule has 24 heavy (non-hydrogen) atoms. The summed E-state index contributed by atoms with van der Waals surface area (Å²) in [5.74, 6) is 0.901. The number of rotatable bonds is 6. The highest BCUT2D eigenvalue weighted by Gasteiger charge is 2.23. The molecule has 1 amide bonds. The summed E-state index contributed by atoms with van der Waals surface area (Å²) in [4.78, 5) is 14.6. The van der Waals surface area contributed by atoms with Crippen molar-refractivity contribution in [3.63, 3.8) is 0 Å². The molecule has 0 radical (unpaired) electrons. The van der Waals surface area contributed by atoms with E-state index in [9.17, 15) is 4.79 Å². The molecule has 1 fully saturated rings. The van der Waals surface area contributed by atoms with E-state index in [-0.39, 0.29) is 11.9 Å². The zero-order valence-corrected chi connectivity index (χ0v) is 14.1. The van der Waals surface area contributed by atoms with Gasteiger partial charge in [-0.1, -0.05) is 42.5 Å². The number of methoxy groups -OCH3 is 1. The first-order chi connectivity index (χ1) is 11.7. The molecule has 1 saturated heterocycles. The Kier molecular flexibility index (Phi) is 5.49. The first-order valence-corrected chi connectivity index (χ1v) is 8.41. The number of likely N-dealkylation sites (tertiary alicyclic amines) is 1. The zero-order valence-electron chi connectivity index (χ0n) is 14.1. The molecule has 0 aromatic heterocycles. The number of nitrogens with zero attached hydrogens (tertiary/aromatic N) is 1. The van der Waals surface area contributed by atoms with Crippen LogP contribution < -0.4 is 10.1 Å². The van der Waals surface area contributed by atoms with Gasteiger partial charge in [0.05, 0.1) is 13.5 Å². The van der Waals surface area contributed by atoms with E-state index in [1.165, 1.54) is 5.56 Å². The predicted octanol–water partition coefficient (Wildman–Crippen LogP) is 2.63. The Morgan fingerprint density at radius 1 is 1.12 bits per heavy atom. The molecule has 126 valence electrons. The molecule has 0 aliphatic carbocycles. The van der Waals surface area contributed by atoms with E-state index < -0.39 is 0 Å². The van der Waals surface area contributed by atoms with Crippen molar-refractivity contribution in [2.45, 2.75) is 25.4 Å². The van der Waals surface area contributed by atoms with E-state index in [2.05, 4.69) is 34.5 Å². The molecular formula is C20H24N2O2. The second-order valence-electron chi connectivity index (χ2n) is 6.30. The number of hydrogen-bond donors (Lipinski definition) is 1. The third-order valence-corrected chi connectivity index (χ3v) is 4.41. The Balaban J connectivity index is 1.45. The van der Waals surface area contributed by atoms with Gasteiger partial charge in [0.1, 0.15) is 5.75 Å². The Morgan fingerprint density at radius 2 is 1.88 bits per heavy atom. The minimum Gasteiger partial charge on any atom is -0.497 e. The molecule has 1 unspecified atom stereocenters. The van der Waals surface area contributed by atoms with E-state index in [0.717, 1.165) is 37.4 Å². The monoisotopic (exact) mass is 324 g/mol. The lowest BCUT2D eigenvalue weighted by Gasteiger charge is -2.17. The van der Waals surface area contributed by atoms with Crippen LogP contribution in [-0.4, -0.2) is 37.0 Å². The third-order valence-electron chi connectivity index (χ3n) is 4.41. The topological polar surface area (TPSA) is 41.6 Å². The van der Waals surface area contributed by atoms with Crippen LogP contribution in [0.4, 0.5) is 0 Å². The van der Waals surface area contributed by atoms with Crippen molar-refractivity contribution in [3.8, 4) is 5.75 Å². The van der Waals surface area contributed by atoms with Gasteiger partial charge in [-0.3, -0.25) is 9.69 Å². The smallest absolute Gasteiger partial charge is 0.224 e. The lowest BCUT2D eigenvalue weighted by molar-refractivity contribution is -0.121. The van der Waals surface area contributed by atoms with Crippen molar-refractivity contribution in [2.24, 2.45) is 0 Å². The molecule has 2 aromatic rings. The number of carbonyl (C=O) groups is 1. The molecular weight excluding hydrogens is 300 g/mol. The summed E-state index contributed by atoms with van der Waals surface area (Å²) in [5, 5.41) is 3.16. The standard InChI is InChI=1S/C20H24N2O2/c1-24-19-9-7-16(8-10-19)13-20(23)21-18-11-12-22(15-18)14-17-5-3-2-4-6-17/h2-10,18H,11-15H2,1H3,(H,21,23). The summed E-state index contributed by atoms with van der Waals surface area (Å²) in [5.41, 5.74) is 2.33. The molecule has 1 aliphatic heterocycles. The van der Waals surface area contributed by atoms with Crippen molar-refractivity contribution >= 4 is 5.91 Å². The van der Waals surface area contributed by atoms with Crippen LogP contribution in [0.3, 0.4) is 0 Å². The number of nitrogens with one attached hydrogen (secondary N) is 1. The van der Waals surface area contributed by atoms with Crippen LogP contribution in [0, 0.1) is 0 Å². The summed E-state index contributed by atoms with van der Waals surface area (Å²) < 4.78 is 5.14. The molecule has 0 saturated carbocycles. The molecule has 1 aliphatic rings. The second-order valence-corrected chi connectivity index (χ2v) is 6.30. The van der Waals surface area contributed by atoms with Crippen molar-refractivity contribution in [1.82, 2.24) is 10.2 Å². The SMILES string of the molecule is COc1ccc(CC(=O)NC2CCN(Cc3ccccc3)C2)cc1. The molecule has 4 heteroatoms. The Morgan fingerprint density at radius 3 is 2.58 bits per heavy atom. The molecule has 0 spiro atoms. The third kappa shape index (κ3) is 4.59. The van der Waals surface area contributed by atoms with Crippen LogP contribution in [-0.2, 0) is 17.8 Å². The number of ether oxygens (including phenoxy) is 1. The van der Waals surface area contributed by atoms with Gasteiger partial charge < -0.3 is 10.1 Å². The number of hydrogen-bond acceptors (Lipinski definition) is 3. The maximum absolute atomic E-state index is 12.2. The summed E-state index contributed by atoms with van der Waals surface area (Å²) >= 11 is 0. The van der Waals surface area contributed by atoms with E-state index in [0.29, 0.717) is 6.42 Å². The Labute approximate surface area is 143 Å². The summed E-state index contributed by atoms with van der Waals surface area (Å²) in [6.45, 7) is 2.90. The first-order valence-electron chi connectivity index (χ1n) is 8.41. The van der Waals surface area contributed by atoms with Crippen molar-refractivity contribution in [3.05, 3.63) is 65.7 Å². The largest absolute Gasteiger partial charge is 0.497 e. The van der Waals surface area contributed by atoms with Crippen LogP contribution in [0.15, 0.2) is 54.6 Å².